The van der Waals surface area contributed by atoms with E-state index >= 15 is 0 Å². The van der Waals surface area contributed by atoms with Gasteiger partial charge in [-0.1, -0.05) is 56.5 Å². The first kappa shape index (κ1) is 20.7. The Labute approximate surface area is 146 Å². The lowest BCUT2D eigenvalue weighted by atomic mass is 9.87. The van der Waals surface area contributed by atoms with Crippen molar-refractivity contribution in [3.05, 3.63) is 35.9 Å². The van der Waals surface area contributed by atoms with E-state index in [1.807, 2.05) is 18.2 Å². The third kappa shape index (κ3) is 7.45. The molecule has 4 heteroatoms. The fourth-order valence-electron chi connectivity index (χ4n) is 3.43. The molecule has 4 nitrogen and oxygen atoms in total. The lowest BCUT2D eigenvalue weighted by Gasteiger charge is -2.22. The molecule has 0 unspecified atom stereocenters. The second kappa shape index (κ2) is 11.2. The van der Waals surface area contributed by atoms with Crippen LogP contribution in [0, 0.1) is 11.8 Å². The van der Waals surface area contributed by atoms with E-state index in [2.05, 4.69) is 31.7 Å². The Morgan fingerprint density at radius 1 is 1.29 bits per heavy atom. The van der Waals surface area contributed by atoms with Crippen molar-refractivity contribution in [1.82, 2.24) is 0 Å². The Balaban J connectivity index is 0.000000272. The molecule has 0 aliphatic heterocycles. The Hall–Kier alpha value is -1.39. The van der Waals surface area contributed by atoms with Crippen molar-refractivity contribution >= 4 is 5.97 Å². The molecule has 1 fully saturated rings. The Morgan fingerprint density at radius 3 is 2.46 bits per heavy atom. The van der Waals surface area contributed by atoms with Crippen molar-refractivity contribution in [3.63, 3.8) is 0 Å². The van der Waals surface area contributed by atoms with Crippen molar-refractivity contribution in [2.75, 3.05) is 0 Å². The van der Waals surface area contributed by atoms with Crippen LogP contribution in [-0.2, 0) is 4.79 Å². The molecule has 0 saturated heterocycles. The van der Waals surface area contributed by atoms with Crippen molar-refractivity contribution in [1.29, 1.82) is 0 Å². The first-order valence-corrected chi connectivity index (χ1v) is 9.21. The number of quaternary nitrogens is 1. The number of aliphatic hydroxyl groups excluding tert-OH is 1. The predicted octanol–water partition coefficient (Wildman–Crippen LogP) is 2.08. The van der Waals surface area contributed by atoms with Crippen molar-refractivity contribution < 1.29 is 20.7 Å². The van der Waals surface area contributed by atoms with Gasteiger partial charge in [-0.3, -0.25) is 0 Å². The van der Waals surface area contributed by atoms with E-state index in [-0.39, 0.29) is 24.4 Å². The Kier molecular flexibility index (Phi) is 9.65. The molecule has 24 heavy (non-hydrogen) atoms. The van der Waals surface area contributed by atoms with Crippen LogP contribution in [0.25, 0.3) is 0 Å². The van der Waals surface area contributed by atoms with Crippen molar-refractivity contribution in [2.24, 2.45) is 11.8 Å². The number of hydrogen-bond acceptors (Lipinski definition) is 3. The molecule has 1 aliphatic carbocycles. The van der Waals surface area contributed by atoms with Gasteiger partial charge in [-0.15, -0.1) is 0 Å². The summed E-state index contributed by atoms with van der Waals surface area (Å²) in [7, 11) is 0. The number of aliphatic hydroxyl groups is 1. The van der Waals surface area contributed by atoms with Crippen LogP contribution in [0.1, 0.15) is 70.4 Å². The molecule has 0 bridgehead atoms. The molecule has 1 saturated carbocycles. The third-order valence-corrected chi connectivity index (χ3v) is 4.87. The third-order valence-electron chi connectivity index (χ3n) is 4.87. The molecule has 136 valence electrons. The number of aliphatic carboxylic acids is 1. The Morgan fingerprint density at radius 2 is 1.96 bits per heavy atom. The van der Waals surface area contributed by atoms with Gasteiger partial charge in [0.1, 0.15) is 6.04 Å². The van der Waals surface area contributed by atoms with Gasteiger partial charge in [0.05, 0.1) is 6.10 Å². The zero-order valence-electron chi connectivity index (χ0n) is 15.1. The summed E-state index contributed by atoms with van der Waals surface area (Å²) in [4.78, 5) is 10.5. The van der Waals surface area contributed by atoms with Crippen LogP contribution in [-0.4, -0.2) is 17.2 Å². The minimum Gasteiger partial charge on any atom is -0.550 e. The topological polar surface area (TPSA) is 88.0 Å². The lowest BCUT2D eigenvalue weighted by Crippen LogP contribution is -2.51. The maximum absolute atomic E-state index is 10.5. The highest BCUT2D eigenvalue weighted by Gasteiger charge is 2.33. The molecule has 0 amide bonds. The normalized spacial score (nSPS) is 24.1. The SMILES string of the molecule is CCCCC[C@H]1[C@@H](CC(=O)[O-])CC[C@H]1O.C[C@H]([NH3+])c1ccccc1. The van der Waals surface area contributed by atoms with Gasteiger partial charge in [0, 0.05) is 11.5 Å². The molecular formula is C20H33NO3. The quantitative estimate of drug-likeness (QED) is 0.748. The molecule has 4 atom stereocenters. The Bertz CT molecular complexity index is 461. The monoisotopic (exact) mass is 335 g/mol. The standard InChI is InChI=1S/C12H22O3.C8H11N/c1-2-3-4-5-10-9(8-12(14)15)6-7-11(10)13;1-7(9)8-5-3-2-4-6-8/h9-11,13H,2-8H2,1H3,(H,14,15);2-7H,9H2,1H3/t9-,10+,11-;7-/m10/s1. The van der Waals surface area contributed by atoms with E-state index in [9.17, 15) is 15.0 Å². The minimum atomic E-state index is -0.977. The van der Waals surface area contributed by atoms with Gasteiger partial charge in [0.25, 0.3) is 0 Å². The zero-order chi connectivity index (χ0) is 17.9. The summed E-state index contributed by atoms with van der Waals surface area (Å²) < 4.78 is 0. The smallest absolute Gasteiger partial charge is 0.107 e. The fraction of sp³-hybridized carbons (Fsp3) is 0.650. The summed E-state index contributed by atoms with van der Waals surface area (Å²) in [6.45, 7) is 4.24. The summed E-state index contributed by atoms with van der Waals surface area (Å²) in [5, 5.41) is 20.3. The van der Waals surface area contributed by atoms with E-state index < -0.39 is 5.97 Å². The van der Waals surface area contributed by atoms with Crippen LogP contribution in [0.3, 0.4) is 0 Å². The highest BCUT2D eigenvalue weighted by molar-refractivity contribution is 5.64. The highest BCUT2D eigenvalue weighted by atomic mass is 16.4. The van der Waals surface area contributed by atoms with Gasteiger partial charge in [0.15, 0.2) is 0 Å². The zero-order valence-corrected chi connectivity index (χ0v) is 15.1. The highest BCUT2D eigenvalue weighted by Crippen LogP contribution is 2.37. The number of carboxylic acid groups (broad SMARTS) is 1. The minimum absolute atomic E-state index is 0.119. The number of benzene rings is 1. The summed E-state index contributed by atoms with van der Waals surface area (Å²) >= 11 is 0. The van der Waals surface area contributed by atoms with Crippen LogP contribution >= 0.6 is 0 Å². The van der Waals surface area contributed by atoms with Crippen LogP contribution < -0.4 is 10.8 Å². The lowest BCUT2D eigenvalue weighted by molar-refractivity contribution is -0.420. The molecule has 1 aromatic carbocycles. The second-order valence-corrected chi connectivity index (χ2v) is 6.95. The molecule has 1 aromatic rings. The summed E-state index contributed by atoms with van der Waals surface area (Å²) in [6, 6.07) is 10.7. The largest absolute Gasteiger partial charge is 0.550 e. The molecule has 0 radical (unpaired) electrons. The number of hydrogen-bond donors (Lipinski definition) is 2. The first-order chi connectivity index (χ1) is 11.5. The van der Waals surface area contributed by atoms with Crippen LogP contribution in [0.4, 0.5) is 0 Å². The summed E-state index contributed by atoms with van der Waals surface area (Å²) in [6.07, 6.45) is 5.82. The molecular weight excluding hydrogens is 302 g/mol. The van der Waals surface area contributed by atoms with E-state index in [1.54, 1.807) is 0 Å². The maximum atomic E-state index is 10.5. The van der Waals surface area contributed by atoms with E-state index in [0.717, 1.165) is 32.1 Å². The van der Waals surface area contributed by atoms with Gasteiger partial charge in [0.2, 0.25) is 0 Å². The molecule has 0 heterocycles. The van der Waals surface area contributed by atoms with Gasteiger partial charge >= 0.3 is 0 Å². The maximum Gasteiger partial charge on any atom is 0.107 e. The average molecular weight is 335 g/mol. The predicted molar refractivity (Wildman–Crippen MR) is 93.7 cm³/mol. The van der Waals surface area contributed by atoms with Crippen LogP contribution in [0.15, 0.2) is 30.3 Å². The molecule has 0 spiro atoms. The molecule has 0 aromatic heterocycles. The van der Waals surface area contributed by atoms with Gasteiger partial charge in [-0.25, -0.2) is 0 Å². The molecule has 4 N–H and O–H groups in total. The number of carbonyl (C=O) groups excluding carboxylic acids is 1. The van der Waals surface area contributed by atoms with Gasteiger partial charge < -0.3 is 20.7 Å². The second-order valence-electron chi connectivity index (χ2n) is 6.95. The van der Waals surface area contributed by atoms with Crippen molar-refractivity contribution in [3.8, 4) is 0 Å². The van der Waals surface area contributed by atoms with E-state index in [4.69, 9.17) is 0 Å². The molecule has 2 rings (SSSR count). The van der Waals surface area contributed by atoms with Gasteiger partial charge in [-0.2, -0.15) is 0 Å². The first-order valence-electron chi connectivity index (χ1n) is 9.21. The number of carboxylic acids is 1. The van der Waals surface area contributed by atoms with Crippen LogP contribution in [0.5, 0.6) is 0 Å². The average Bonchev–Trinajstić information content (AvgIpc) is 2.89. The van der Waals surface area contributed by atoms with E-state index in [0.29, 0.717) is 6.04 Å². The number of unbranched alkanes of at least 4 members (excludes halogenated alkanes) is 2. The summed E-state index contributed by atoms with van der Waals surface area (Å²) in [5.41, 5.74) is 5.21. The van der Waals surface area contributed by atoms with Crippen molar-refractivity contribution in [2.45, 2.75) is 70.9 Å². The van der Waals surface area contributed by atoms with E-state index in [1.165, 1.54) is 12.0 Å². The van der Waals surface area contributed by atoms with Crippen LogP contribution in [0.2, 0.25) is 0 Å². The fourth-order valence-corrected chi connectivity index (χ4v) is 3.43. The summed E-state index contributed by atoms with van der Waals surface area (Å²) in [5.74, 6) is -0.647. The number of carbonyl (C=O) groups is 1. The number of rotatable bonds is 7. The molecule has 1 aliphatic rings. The van der Waals surface area contributed by atoms with Gasteiger partial charge in [-0.05, 0) is 44.4 Å².